The van der Waals surface area contributed by atoms with Crippen LogP contribution in [0.1, 0.15) is 45.4 Å². The minimum Gasteiger partial charge on any atom is -0.409 e. The smallest absolute Gasteiger partial charge is 0.223 e. The first-order valence-corrected chi connectivity index (χ1v) is 6.90. The number of carbonyl (C=O) groups excluding carboxylic acids is 1. The van der Waals surface area contributed by atoms with Gasteiger partial charge in [-0.2, -0.15) is 0 Å². The second kappa shape index (κ2) is 5.59. The molecule has 0 aromatic heterocycles. The van der Waals surface area contributed by atoms with E-state index in [1.54, 1.807) is 0 Å². The van der Waals surface area contributed by atoms with Crippen LogP contribution in [-0.2, 0) is 4.79 Å². The zero-order valence-electron chi connectivity index (χ0n) is 10.9. The first-order chi connectivity index (χ1) is 8.63. The number of nitrogens with two attached hydrogens (primary N) is 1. The molecule has 4 unspecified atom stereocenters. The van der Waals surface area contributed by atoms with Crippen molar-refractivity contribution >= 4 is 11.7 Å². The maximum Gasteiger partial charge on any atom is 0.223 e. The maximum atomic E-state index is 12.2. The summed E-state index contributed by atoms with van der Waals surface area (Å²) in [6.45, 7) is 2.00. The lowest BCUT2D eigenvalue weighted by Gasteiger charge is -2.24. The number of hydrogen-bond acceptors (Lipinski definition) is 3. The lowest BCUT2D eigenvalue weighted by Crippen LogP contribution is -2.42. The molecule has 0 aliphatic heterocycles. The maximum absolute atomic E-state index is 12.2. The van der Waals surface area contributed by atoms with Crippen LogP contribution >= 0.6 is 0 Å². The van der Waals surface area contributed by atoms with Gasteiger partial charge in [-0.3, -0.25) is 4.79 Å². The van der Waals surface area contributed by atoms with Crippen molar-refractivity contribution in [2.24, 2.45) is 28.6 Å². The molecule has 0 spiro atoms. The first kappa shape index (κ1) is 13.2. The number of hydrogen-bond donors (Lipinski definition) is 3. The average molecular weight is 253 g/mol. The first-order valence-electron chi connectivity index (χ1n) is 6.90. The molecule has 0 aromatic carbocycles. The van der Waals surface area contributed by atoms with Gasteiger partial charge < -0.3 is 16.3 Å². The zero-order valence-corrected chi connectivity index (χ0v) is 10.9. The molecule has 102 valence electrons. The van der Waals surface area contributed by atoms with Crippen LogP contribution in [0.3, 0.4) is 0 Å². The highest BCUT2D eigenvalue weighted by atomic mass is 16.4. The number of amides is 1. The number of amidine groups is 1. The van der Waals surface area contributed by atoms with Crippen molar-refractivity contribution in [3.63, 3.8) is 0 Å². The summed E-state index contributed by atoms with van der Waals surface area (Å²) >= 11 is 0. The van der Waals surface area contributed by atoms with E-state index in [0.29, 0.717) is 12.3 Å². The van der Waals surface area contributed by atoms with Crippen LogP contribution in [0, 0.1) is 17.8 Å². The summed E-state index contributed by atoms with van der Waals surface area (Å²) in [7, 11) is 0. The minimum atomic E-state index is -0.0208. The molecule has 2 aliphatic carbocycles. The second-order valence-corrected chi connectivity index (χ2v) is 5.69. The van der Waals surface area contributed by atoms with Gasteiger partial charge in [0.25, 0.3) is 0 Å². The fourth-order valence-electron chi connectivity index (χ4n) is 3.46. The number of oxime groups is 1. The summed E-state index contributed by atoms with van der Waals surface area (Å²) in [4.78, 5) is 12.2. The summed E-state index contributed by atoms with van der Waals surface area (Å²) in [5.41, 5.74) is 5.49. The Morgan fingerprint density at radius 1 is 1.50 bits per heavy atom. The average Bonchev–Trinajstić information content (AvgIpc) is 2.99. The highest BCUT2D eigenvalue weighted by Gasteiger charge is 2.43. The summed E-state index contributed by atoms with van der Waals surface area (Å²) in [6.07, 6.45) is 6.00. The third-order valence-electron chi connectivity index (χ3n) is 4.50. The molecule has 5 nitrogen and oxygen atoms in total. The number of carbonyl (C=O) groups is 1. The Hall–Kier alpha value is -1.26. The molecule has 2 aliphatic rings. The van der Waals surface area contributed by atoms with Crippen molar-refractivity contribution in [1.82, 2.24) is 5.32 Å². The van der Waals surface area contributed by atoms with Crippen LogP contribution in [0.25, 0.3) is 0 Å². The van der Waals surface area contributed by atoms with E-state index in [1.165, 1.54) is 19.3 Å². The van der Waals surface area contributed by atoms with Gasteiger partial charge in [-0.25, -0.2) is 0 Å². The summed E-state index contributed by atoms with van der Waals surface area (Å²) in [5, 5.41) is 14.6. The van der Waals surface area contributed by atoms with Gasteiger partial charge in [0.15, 0.2) is 0 Å². The number of nitrogens with zero attached hydrogens (tertiary/aromatic N) is 1. The molecule has 5 heteroatoms. The predicted molar refractivity (Wildman–Crippen MR) is 69.2 cm³/mol. The highest BCUT2D eigenvalue weighted by Crippen LogP contribution is 2.48. The van der Waals surface area contributed by atoms with Gasteiger partial charge in [0, 0.05) is 18.4 Å². The van der Waals surface area contributed by atoms with E-state index in [2.05, 4.69) is 10.5 Å². The number of nitrogens with one attached hydrogen (secondary N) is 1. The van der Waals surface area contributed by atoms with Crippen molar-refractivity contribution < 1.29 is 10.0 Å². The van der Waals surface area contributed by atoms with E-state index in [9.17, 15) is 4.79 Å². The van der Waals surface area contributed by atoms with E-state index >= 15 is 0 Å². The van der Waals surface area contributed by atoms with Crippen LogP contribution < -0.4 is 11.1 Å². The molecule has 2 bridgehead atoms. The molecule has 0 radical (unpaired) electrons. The molecule has 4 N–H and O–H groups in total. The van der Waals surface area contributed by atoms with E-state index < -0.39 is 0 Å². The molecule has 2 rings (SSSR count). The Kier molecular flexibility index (Phi) is 4.09. The number of fused-ring (bicyclic) bond motifs is 2. The predicted octanol–water partition coefficient (Wildman–Crippen LogP) is 1.45. The van der Waals surface area contributed by atoms with Gasteiger partial charge in [-0.05, 0) is 37.5 Å². The van der Waals surface area contributed by atoms with E-state index in [-0.39, 0.29) is 23.7 Å². The van der Waals surface area contributed by atoms with Crippen LogP contribution in [0.4, 0.5) is 0 Å². The van der Waals surface area contributed by atoms with Crippen molar-refractivity contribution in [1.29, 1.82) is 0 Å². The van der Waals surface area contributed by atoms with Gasteiger partial charge in [0.2, 0.25) is 5.91 Å². The van der Waals surface area contributed by atoms with E-state index in [1.807, 2.05) is 6.92 Å². The number of rotatable bonds is 5. The fraction of sp³-hybridized carbons (Fsp3) is 0.846. The molecule has 4 atom stereocenters. The molecule has 2 saturated carbocycles. The van der Waals surface area contributed by atoms with Gasteiger partial charge in [-0.15, -0.1) is 0 Å². The minimum absolute atomic E-state index is 0.0208. The molecule has 1 amide bonds. The van der Waals surface area contributed by atoms with Gasteiger partial charge in [-0.1, -0.05) is 18.5 Å². The second-order valence-electron chi connectivity index (χ2n) is 5.69. The fourth-order valence-corrected chi connectivity index (χ4v) is 3.46. The monoisotopic (exact) mass is 253 g/mol. The van der Waals surface area contributed by atoms with E-state index in [4.69, 9.17) is 10.9 Å². The Labute approximate surface area is 108 Å². The van der Waals surface area contributed by atoms with Crippen molar-refractivity contribution in [3.05, 3.63) is 0 Å². The standard InChI is InChI=1S/C13H23N3O2/c1-2-10(7-12(14)16-18)15-13(17)11-6-8-3-4-9(11)5-8/h8-11,18H,2-7H2,1H3,(H2,14,16)(H,15,17). The van der Waals surface area contributed by atoms with Crippen molar-refractivity contribution in [2.75, 3.05) is 0 Å². The topological polar surface area (TPSA) is 87.7 Å². The summed E-state index contributed by atoms with van der Waals surface area (Å²) in [6, 6.07) is -0.0208. The van der Waals surface area contributed by atoms with Crippen LogP contribution in [0.2, 0.25) is 0 Å². The Bertz CT molecular complexity index is 343. The summed E-state index contributed by atoms with van der Waals surface area (Å²) < 4.78 is 0. The lowest BCUT2D eigenvalue weighted by molar-refractivity contribution is -0.127. The van der Waals surface area contributed by atoms with Crippen LogP contribution in [0.5, 0.6) is 0 Å². The largest absolute Gasteiger partial charge is 0.409 e. The van der Waals surface area contributed by atoms with Crippen LogP contribution in [0.15, 0.2) is 5.16 Å². The quantitative estimate of drug-likeness (QED) is 0.300. The van der Waals surface area contributed by atoms with E-state index in [0.717, 1.165) is 18.8 Å². The van der Waals surface area contributed by atoms with Crippen molar-refractivity contribution in [2.45, 2.75) is 51.5 Å². The van der Waals surface area contributed by atoms with Gasteiger partial charge in [0.05, 0.1) is 0 Å². The van der Waals surface area contributed by atoms with Crippen molar-refractivity contribution in [3.8, 4) is 0 Å². The third-order valence-corrected chi connectivity index (χ3v) is 4.50. The Balaban J connectivity index is 1.86. The van der Waals surface area contributed by atoms with Gasteiger partial charge in [0.1, 0.15) is 5.84 Å². The molecule has 18 heavy (non-hydrogen) atoms. The SMILES string of the molecule is CCC(CC(N)=NO)NC(=O)C1CC2CCC1C2. The molecule has 0 heterocycles. The van der Waals surface area contributed by atoms with Crippen LogP contribution in [-0.4, -0.2) is 23.0 Å². The normalized spacial score (nSPS) is 32.5. The molecule has 0 saturated heterocycles. The Morgan fingerprint density at radius 3 is 2.78 bits per heavy atom. The third kappa shape index (κ3) is 2.76. The van der Waals surface area contributed by atoms with Gasteiger partial charge >= 0.3 is 0 Å². The molecule has 0 aromatic rings. The zero-order chi connectivity index (χ0) is 13.1. The highest BCUT2D eigenvalue weighted by molar-refractivity contribution is 5.83. The Morgan fingerprint density at radius 2 is 2.28 bits per heavy atom. The lowest BCUT2D eigenvalue weighted by atomic mass is 9.88. The molecule has 2 fully saturated rings. The molecular formula is C13H23N3O2. The molecular weight excluding hydrogens is 230 g/mol. The summed E-state index contributed by atoms with van der Waals surface area (Å²) in [5.74, 6) is 1.91.